The molecule has 1 atom stereocenters. The fourth-order valence-electron chi connectivity index (χ4n) is 2.30. The number of thioether (sulfide) groups is 1. The van der Waals surface area contributed by atoms with Crippen LogP contribution in [0, 0.1) is 0 Å². The van der Waals surface area contributed by atoms with E-state index >= 15 is 0 Å². The number of amides is 1. The molecule has 102 valence electrons. The van der Waals surface area contributed by atoms with Crippen LogP contribution in [0.1, 0.15) is 29.6 Å². The molecule has 2 heterocycles. The standard InChI is InChI=1S/C13H16N2O3S/c1-19-11-9(5-4-7-14-11)12(16)15-8-3-2-6-10(15)13(17)18/h4-5,7,10H,2-3,6,8H2,1H3,(H,17,18)/t10-/m0/s1. The van der Waals surface area contributed by atoms with Crippen molar-refractivity contribution >= 4 is 23.6 Å². The lowest BCUT2D eigenvalue weighted by Gasteiger charge is -2.33. The van der Waals surface area contributed by atoms with E-state index in [1.54, 1.807) is 18.3 Å². The summed E-state index contributed by atoms with van der Waals surface area (Å²) in [7, 11) is 0. The highest BCUT2D eigenvalue weighted by atomic mass is 32.2. The van der Waals surface area contributed by atoms with Crippen LogP contribution in [0.15, 0.2) is 23.4 Å². The van der Waals surface area contributed by atoms with E-state index in [0.29, 0.717) is 23.6 Å². The van der Waals surface area contributed by atoms with Gasteiger partial charge < -0.3 is 10.0 Å². The van der Waals surface area contributed by atoms with E-state index < -0.39 is 12.0 Å². The molecule has 2 rings (SSSR count). The molecular weight excluding hydrogens is 264 g/mol. The van der Waals surface area contributed by atoms with Crippen LogP contribution in [0.25, 0.3) is 0 Å². The summed E-state index contributed by atoms with van der Waals surface area (Å²) in [6.45, 7) is 0.499. The molecule has 1 fully saturated rings. The first-order valence-corrected chi connectivity index (χ1v) is 7.40. The number of piperidine rings is 1. The third-order valence-corrected chi connectivity index (χ3v) is 3.96. The summed E-state index contributed by atoms with van der Waals surface area (Å²) in [5.41, 5.74) is 0.489. The Morgan fingerprint density at radius 2 is 2.26 bits per heavy atom. The first-order chi connectivity index (χ1) is 9.15. The number of carbonyl (C=O) groups excluding carboxylic acids is 1. The van der Waals surface area contributed by atoms with E-state index in [-0.39, 0.29) is 5.91 Å². The van der Waals surface area contributed by atoms with Crippen molar-refractivity contribution in [3.8, 4) is 0 Å². The monoisotopic (exact) mass is 280 g/mol. The Balaban J connectivity index is 2.29. The van der Waals surface area contributed by atoms with Crippen molar-refractivity contribution in [3.05, 3.63) is 23.9 Å². The second kappa shape index (κ2) is 6.06. The Morgan fingerprint density at radius 3 is 2.95 bits per heavy atom. The Morgan fingerprint density at radius 1 is 1.47 bits per heavy atom. The molecule has 19 heavy (non-hydrogen) atoms. The number of likely N-dealkylation sites (tertiary alicyclic amines) is 1. The van der Waals surface area contributed by atoms with E-state index in [4.69, 9.17) is 0 Å². The highest BCUT2D eigenvalue weighted by Crippen LogP contribution is 2.23. The minimum absolute atomic E-state index is 0.232. The zero-order chi connectivity index (χ0) is 13.8. The van der Waals surface area contributed by atoms with E-state index in [0.717, 1.165) is 12.8 Å². The van der Waals surface area contributed by atoms with E-state index in [9.17, 15) is 14.7 Å². The van der Waals surface area contributed by atoms with Crippen LogP contribution < -0.4 is 0 Å². The minimum Gasteiger partial charge on any atom is -0.480 e. The van der Waals surface area contributed by atoms with Gasteiger partial charge in [0, 0.05) is 12.7 Å². The normalized spacial score (nSPS) is 19.2. The summed E-state index contributed by atoms with van der Waals surface area (Å²) in [5.74, 6) is -1.16. The third kappa shape index (κ3) is 2.89. The van der Waals surface area contributed by atoms with Crippen molar-refractivity contribution in [3.63, 3.8) is 0 Å². The lowest BCUT2D eigenvalue weighted by atomic mass is 10.0. The predicted octanol–water partition coefficient (Wildman–Crippen LogP) is 1.88. The number of hydrogen-bond donors (Lipinski definition) is 1. The van der Waals surface area contributed by atoms with E-state index in [2.05, 4.69) is 4.98 Å². The topological polar surface area (TPSA) is 70.5 Å². The number of carbonyl (C=O) groups is 2. The maximum atomic E-state index is 12.5. The Hall–Kier alpha value is -1.56. The summed E-state index contributed by atoms with van der Waals surface area (Å²) in [6.07, 6.45) is 5.71. The molecule has 1 aromatic rings. The van der Waals surface area contributed by atoms with Crippen LogP contribution in [-0.4, -0.2) is 45.7 Å². The average molecular weight is 280 g/mol. The van der Waals surface area contributed by atoms with Crippen molar-refractivity contribution in [1.82, 2.24) is 9.88 Å². The zero-order valence-electron chi connectivity index (χ0n) is 10.7. The third-order valence-electron chi connectivity index (χ3n) is 3.24. The van der Waals surface area contributed by atoms with Gasteiger partial charge in [-0.25, -0.2) is 9.78 Å². The lowest BCUT2D eigenvalue weighted by Crippen LogP contribution is -2.48. The van der Waals surface area contributed by atoms with Gasteiger partial charge in [0.25, 0.3) is 5.91 Å². The number of carboxylic acid groups (broad SMARTS) is 1. The average Bonchev–Trinajstić information content (AvgIpc) is 2.46. The molecule has 0 saturated carbocycles. The van der Waals surface area contributed by atoms with Crippen molar-refractivity contribution in [2.24, 2.45) is 0 Å². The van der Waals surface area contributed by atoms with Crippen molar-refractivity contribution < 1.29 is 14.7 Å². The maximum absolute atomic E-state index is 12.5. The van der Waals surface area contributed by atoms with Gasteiger partial charge in [0.1, 0.15) is 11.1 Å². The smallest absolute Gasteiger partial charge is 0.326 e. The largest absolute Gasteiger partial charge is 0.480 e. The van der Waals surface area contributed by atoms with Gasteiger partial charge >= 0.3 is 5.97 Å². The van der Waals surface area contributed by atoms with Gasteiger partial charge in [0.05, 0.1) is 5.56 Å². The molecule has 1 amide bonds. The van der Waals surface area contributed by atoms with E-state index in [1.807, 2.05) is 6.26 Å². The fourth-order valence-corrected chi connectivity index (χ4v) is 2.84. The number of aromatic nitrogens is 1. The summed E-state index contributed by atoms with van der Waals surface area (Å²) in [4.78, 5) is 29.4. The SMILES string of the molecule is CSc1ncccc1C(=O)N1CCCC[C@H]1C(=O)O. The first-order valence-electron chi connectivity index (χ1n) is 6.18. The first kappa shape index (κ1) is 13.9. The highest BCUT2D eigenvalue weighted by molar-refractivity contribution is 7.98. The summed E-state index contributed by atoms with van der Waals surface area (Å²) in [6, 6.07) is 2.69. The molecule has 0 radical (unpaired) electrons. The predicted molar refractivity (Wildman–Crippen MR) is 72.3 cm³/mol. The number of hydrogen-bond acceptors (Lipinski definition) is 4. The van der Waals surface area contributed by atoms with Crippen LogP contribution in [-0.2, 0) is 4.79 Å². The second-order valence-corrected chi connectivity index (χ2v) is 5.20. The van der Waals surface area contributed by atoms with Crippen LogP contribution in [0.3, 0.4) is 0 Å². The van der Waals surface area contributed by atoms with Gasteiger partial charge in [-0.2, -0.15) is 0 Å². The van der Waals surface area contributed by atoms with Crippen LogP contribution in [0.5, 0.6) is 0 Å². The quantitative estimate of drug-likeness (QED) is 0.856. The van der Waals surface area contributed by atoms with Crippen LogP contribution >= 0.6 is 11.8 Å². The molecular formula is C13H16N2O3S. The molecule has 1 N–H and O–H groups in total. The minimum atomic E-state index is -0.928. The number of carboxylic acids is 1. The molecule has 0 bridgehead atoms. The molecule has 1 saturated heterocycles. The Kier molecular flexibility index (Phi) is 4.42. The molecule has 0 unspecified atom stereocenters. The molecule has 0 aliphatic carbocycles. The van der Waals surface area contributed by atoms with Gasteiger partial charge in [0.15, 0.2) is 0 Å². The lowest BCUT2D eigenvalue weighted by molar-refractivity contribution is -0.143. The summed E-state index contributed by atoms with van der Waals surface area (Å²) in [5, 5.41) is 9.86. The van der Waals surface area contributed by atoms with Gasteiger partial charge in [-0.15, -0.1) is 11.8 Å². The molecule has 5 nitrogen and oxygen atoms in total. The Labute approximate surface area is 116 Å². The molecule has 1 aliphatic rings. The number of aliphatic carboxylic acids is 1. The van der Waals surface area contributed by atoms with Crippen LogP contribution in [0.2, 0.25) is 0 Å². The second-order valence-electron chi connectivity index (χ2n) is 4.41. The summed E-state index contributed by atoms with van der Waals surface area (Å²) < 4.78 is 0. The maximum Gasteiger partial charge on any atom is 0.326 e. The number of rotatable bonds is 3. The van der Waals surface area contributed by atoms with Crippen molar-refractivity contribution in [1.29, 1.82) is 0 Å². The van der Waals surface area contributed by atoms with Crippen molar-refractivity contribution in [2.75, 3.05) is 12.8 Å². The van der Waals surface area contributed by atoms with E-state index in [1.165, 1.54) is 16.7 Å². The zero-order valence-corrected chi connectivity index (χ0v) is 11.5. The molecule has 1 aromatic heterocycles. The molecule has 6 heteroatoms. The molecule has 0 spiro atoms. The van der Waals surface area contributed by atoms with Gasteiger partial charge in [-0.05, 0) is 37.7 Å². The Bertz CT molecular complexity index is 493. The highest BCUT2D eigenvalue weighted by Gasteiger charge is 2.33. The summed E-state index contributed by atoms with van der Waals surface area (Å²) >= 11 is 1.39. The number of nitrogens with zero attached hydrogens (tertiary/aromatic N) is 2. The van der Waals surface area contributed by atoms with Gasteiger partial charge in [-0.3, -0.25) is 4.79 Å². The van der Waals surface area contributed by atoms with Gasteiger partial charge in [-0.1, -0.05) is 0 Å². The molecule has 0 aromatic carbocycles. The van der Waals surface area contributed by atoms with Crippen molar-refractivity contribution in [2.45, 2.75) is 30.3 Å². The van der Waals surface area contributed by atoms with Crippen LogP contribution in [0.4, 0.5) is 0 Å². The fraction of sp³-hybridized carbons (Fsp3) is 0.462. The molecule has 1 aliphatic heterocycles. The van der Waals surface area contributed by atoms with Gasteiger partial charge in [0.2, 0.25) is 0 Å². The number of pyridine rings is 1.